The predicted octanol–water partition coefficient (Wildman–Crippen LogP) is 3.59. The fraction of sp³-hybridized carbons (Fsp3) is 0.357. The topological polar surface area (TPSA) is 47.8 Å². The molecule has 8 heteroatoms. The number of benzene rings is 1. The second-order valence-electron chi connectivity index (χ2n) is 4.60. The van der Waals surface area contributed by atoms with Gasteiger partial charge < -0.3 is 0 Å². The van der Waals surface area contributed by atoms with E-state index in [1.165, 1.54) is 0 Å². The fourth-order valence-electron chi connectivity index (χ4n) is 1.88. The average Bonchev–Trinajstić information content (AvgIpc) is 2.90. The zero-order valence-electron chi connectivity index (χ0n) is 11.7. The van der Waals surface area contributed by atoms with E-state index in [2.05, 4.69) is 10.2 Å². The van der Waals surface area contributed by atoms with E-state index in [0.717, 1.165) is 22.7 Å². The summed E-state index contributed by atoms with van der Waals surface area (Å²) in [5, 5.41) is 6.78. The highest BCUT2D eigenvalue weighted by Gasteiger charge is 2.30. The first kappa shape index (κ1) is 16.5. The molecule has 0 spiro atoms. The van der Waals surface area contributed by atoms with Crippen LogP contribution in [0.15, 0.2) is 41.8 Å². The van der Waals surface area contributed by atoms with Gasteiger partial charge in [-0.1, -0.05) is 49.0 Å². The van der Waals surface area contributed by atoms with Crippen molar-refractivity contribution < 1.29 is 18.0 Å². The van der Waals surface area contributed by atoms with Crippen molar-refractivity contribution in [3.05, 3.63) is 42.2 Å². The summed E-state index contributed by atoms with van der Waals surface area (Å²) in [5.41, 5.74) is 0.531. The molecule has 1 unspecified atom stereocenters. The van der Waals surface area contributed by atoms with Gasteiger partial charge in [0, 0.05) is 5.56 Å². The number of carbonyl (C=O) groups excluding carboxylic acids is 1. The Labute approximate surface area is 129 Å². The van der Waals surface area contributed by atoms with Crippen molar-refractivity contribution >= 4 is 17.5 Å². The van der Waals surface area contributed by atoms with E-state index < -0.39 is 18.0 Å². The van der Waals surface area contributed by atoms with E-state index in [0.29, 0.717) is 12.0 Å². The van der Waals surface area contributed by atoms with E-state index >= 15 is 0 Å². The lowest BCUT2D eigenvalue weighted by molar-refractivity contribution is -0.142. The third-order valence-corrected chi connectivity index (χ3v) is 4.26. The highest BCUT2D eigenvalue weighted by molar-refractivity contribution is 8.00. The van der Waals surface area contributed by atoms with Crippen LogP contribution in [0, 0.1) is 0 Å². The molecule has 0 amide bonds. The molecule has 1 aromatic heterocycles. The van der Waals surface area contributed by atoms with Crippen molar-refractivity contribution in [2.75, 3.05) is 0 Å². The van der Waals surface area contributed by atoms with E-state index in [9.17, 15) is 18.0 Å². The second kappa shape index (κ2) is 6.95. The molecule has 0 aliphatic carbocycles. The Morgan fingerprint density at radius 2 is 2.00 bits per heavy atom. The smallest absolute Gasteiger partial charge is 0.299 e. The molecule has 1 aromatic carbocycles. The summed E-state index contributed by atoms with van der Waals surface area (Å²) in [6.45, 7) is 0.640. The first-order chi connectivity index (χ1) is 10.4. The van der Waals surface area contributed by atoms with E-state index in [1.807, 2.05) is 6.92 Å². The number of ketones is 1. The van der Waals surface area contributed by atoms with Crippen LogP contribution in [0.1, 0.15) is 23.7 Å². The number of halogens is 3. The van der Waals surface area contributed by atoms with Crippen LogP contribution in [0.3, 0.4) is 0 Å². The summed E-state index contributed by atoms with van der Waals surface area (Å²) in [6.07, 6.45) is -2.85. The van der Waals surface area contributed by atoms with E-state index in [4.69, 9.17) is 0 Å². The van der Waals surface area contributed by atoms with Gasteiger partial charge in [-0.2, -0.15) is 13.2 Å². The summed E-state index contributed by atoms with van der Waals surface area (Å²) >= 11 is 1.01. The van der Waals surface area contributed by atoms with Gasteiger partial charge in [0.15, 0.2) is 10.9 Å². The monoisotopic (exact) mass is 329 g/mol. The van der Waals surface area contributed by atoms with Crippen molar-refractivity contribution in [2.24, 2.45) is 0 Å². The Morgan fingerprint density at radius 1 is 1.32 bits per heavy atom. The molecule has 0 radical (unpaired) electrons. The molecular weight excluding hydrogens is 315 g/mol. The number of hydrogen-bond donors (Lipinski definition) is 0. The van der Waals surface area contributed by atoms with Gasteiger partial charge in [0.1, 0.15) is 12.9 Å². The zero-order valence-corrected chi connectivity index (χ0v) is 12.6. The lowest BCUT2D eigenvalue weighted by Gasteiger charge is -2.14. The minimum absolute atomic E-state index is 0.0912. The summed E-state index contributed by atoms with van der Waals surface area (Å²) in [5.74, 6) is -0.130. The Balaban J connectivity index is 2.14. The van der Waals surface area contributed by atoms with Gasteiger partial charge in [-0.3, -0.25) is 9.36 Å². The lowest BCUT2D eigenvalue weighted by Crippen LogP contribution is -2.20. The molecule has 2 rings (SSSR count). The molecule has 2 aromatic rings. The highest BCUT2D eigenvalue weighted by atomic mass is 32.2. The van der Waals surface area contributed by atoms with Crippen molar-refractivity contribution in [3.63, 3.8) is 0 Å². The summed E-state index contributed by atoms with van der Waals surface area (Å²) < 4.78 is 38.4. The van der Waals surface area contributed by atoms with Gasteiger partial charge in [0.05, 0.1) is 5.25 Å². The maximum absolute atomic E-state index is 12.5. The summed E-state index contributed by atoms with van der Waals surface area (Å²) in [6, 6.07) is 8.66. The quantitative estimate of drug-likeness (QED) is 0.600. The van der Waals surface area contributed by atoms with Crippen LogP contribution in [0.5, 0.6) is 0 Å². The molecule has 0 saturated carbocycles. The number of Topliss-reactive ketones (excluding diaryl/α,β-unsaturated/α-hetero) is 1. The maximum Gasteiger partial charge on any atom is 0.406 e. The van der Waals surface area contributed by atoms with Crippen LogP contribution < -0.4 is 0 Å². The second-order valence-corrected chi connectivity index (χ2v) is 5.77. The predicted molar refractivity (Wildman–Crippen MR) is 76.8 cm³/mol. The molecule has 1 heterocycles. The van der Waals surface area contributed by atoms with Gasteiger partial charge in [0.25, 0.3) is 0 Å². The number of hydrogen-bond acceptors (Lipinski definition) is 4. The Hall–Kier alpha value is -1.83. The maximum atomic E-state index is 12.5. The number of thioether (sulfide) groups is 1. The first-order valence-electron chi connectivity index (χ1n) is 6.61. The molecule has 0 bridgehead atoms. The van der Waals surface area contributed by atoms with Crippen LogP contribution in [0.4, 0.5) is 13.2 Å². The molecule has 22 heavy (non-hydrogen) atoms. The van der Waals surface area contributed by atoms with Gasteiger partial charge in [0.2, 0.25) is 0 Å². The first-order valence-corrected chi connectivity index (χ1v) is 7.49. The van der Waals surface area contributed by atoms with Crippen LogP contribution >= 0.6 is 11.8 Å². The molecule has 0 fully saturated rings. The van der Waals surface area contributed by atoms with Crippen LogP contribution in [0.2, 0.25) is 0 Å². The molecule has 0 aliphatic heterocycles. The fourth-order valence-corrected chi connectivity index (χ4v) is 2.88. The van der Waals surface area contributed by atoms with Crippen LogP contribution in [-0.4, -0.2) is 32.0 Å². The summed E-state index contributed by atoms with van der Waals surface area (Å²) in [7, 11) is 0. The third-order valence-electron chi connectivity index (χ3n) is 2.90. The van der Waals surface area contributed by atoms with Crippen molar-refractivity contribution in [2.45, 2.75) is 36.5 Å². The number of nitrogens with zero attached hydrogens (tertiary/aromatic N) is 3. The number of alkyl halides is 3. The van der Waals surface area contributed by atoms with Crippen molar-refractivity contribution in [1.29, 1.82) is 0 Å². The van der Waals surface area contributed by atoms with E-state index in [1.54, 1.807) is 30.3 Å². The molecule has 0 aliphatic rings. The standard InChI is InChI=1S/C14H14F3N3OS/c1-2-11(12(21)10-6-4-3-5-7-10)22-13-19-18-9-20(13)8-14(15,16)17/h3-7,9,11H,2,8H2,1H3. The van der Waals surface area contributed by atoms with Crippen molar-refractivity contribution in [1.82, 2.24) is 14.8 Å². The van der Waals surface area contributed by atoms with Crippen LogP contribution in [0.25, 0.3) is 0 Å². The molecule has 0 saturated heterocycles. The SMILES string of the molecule is CCC(Sc1nncn1CC(F)(F)F)C(=O)c1ccccc1. The van der Waals surface area contributed by atoms with Gasteiger partial charge in [-0.15, -0.1) is 10.2 Å². The van der Waals surface area contributed by atoms with Crippen LogP contribution in [-0.2, 0) is 6.54 Å². The minimum atomic E-state index is -4.36. The Kier molecular flexibility index (Phi) is 5.23. The Morgan fingerprint density at radius 3 is 2.59 bits per heavy atom. The van der Waals surface area contributed by atoms with Crippen molar-refractivity contribution in [3.8, 4) is 0 Å². The van der Waals surface area contributed by atoms with Gasteiger partial charge in [-0.05, 0) is 6.42 Å². The molecular formula is C14H14F3N3OS. The average molecular weight is 329 g/mol. The number of rotatable bonds is 6. The molecule has 1 atom stereocenters. The third kappa shape index (κ3) is 4.33. The Bertz CT molecular complexity index is 628. The normalized spacial score (nSPS) is 13.1. The van der Waals surface area contributed by atoms with Gasteiger partial charge >= 0.3 is 6.18 Å². The largest absolute Gasteiger partial charge is 0.406 e. The zero-order chi connectivity index (χ0) is 16.2. The number of aromatic nitrogens is 3. The summed E-state index contributed by atoms with van der Waals surface area (Å²) in [4.78, 5) is 12.4. The minimum Gasteiger partial charge on any atom is -0.299 e. The molecule has 118 valence electrons. The molecule has 0 N–H and O–H groups in total. The van der Waals surface area contributed by atoms with E-state index in [-0.39, 0.29) is 10.9 Å². The lowest BCUT2D eigenvalue weighted by atomic mass is 10.1. The number of carbonyl (C=O) groups is 1. The molecule has 4 nitrogen and oxygen atoms in total. The van der Waals surface area contributed by atoms with Gasteiger partial charge in [-0.25, -0.2) is 0 Å². The highest BCUT2D eigenvalue weighted by Crippen LogP contribution is 2.28.